The Hall–Kier alpha value is -0.296. The van der Waals surface area contributed by atoms with Crippen LogP contribution in [0.15, 0.2) is 0 Å². The second-order valence-corrected chi connectivity index (χ2v) is 10.8. The fourth-order valence-corrected chi connectivity index (χ4v) is 4.20. The largest absolute Gasteiger partial charge is 0.495 e. The Bertz CT molecular complexity index is 294. The van der Waals surface area contributed by atoms with E-state index in [0.717, 1.165) is 0 Å². The molecule has 0 rings (SSSR count). The van der Waals surface area contributed by atoms with Gasteiger partial charge in [-0.1, -0.05) is 6.92 Å². The molecule has 7 nitrogen and oxygen atoms in total. The van der Waals surface area contributed by atoms with E-state index in [4.69, 9.17) is 13.6 Å². The molecule has 0 aliphatic heterocycles. The first-order chi connectivity index (χ1) is 9.19. The third-order valence-corrected chi connectivity index (χ3v) is 7.90. The van der Waals surface area contributed by atoms with Crippen LogP contribution in [0.1, 0.15) is 13.3 Å². The van der Waals surface area contributed by atoms with Crippen molar-refractivity contribution in [3.8, 4) is 0 Å². The summed E-state index contributed by atoms with van der Waals surface area (Å²) in [5.74, 6) is -0.655. The van der Waals surface area contributed by atoms with E-state index >= 15 is 0 Å². The lowest BCUT2D eigenvalue weighted by molar-refractivity contribution is -0.147. The Morgan fingerprint density at radius 1 is 1.15 bits per heavy atom. The van der Waals surface area contributed by atoms with Gasteiger partial charge in [-0.05, 0) is 13.0 Å². The van der Waals surface area contributed by atoms with Crippen molar-refractivity contribution in [2.45, 2.75) is 32.0 Å². The normalized spacial score (nSPS) is 14.2. The van der Waals surface area contributed by atoms with Crippen molar-refractivity contribution in [3.05, 3.63) is 0 Å². The predicted molar refractivity (Wildman–Crippen MR) is 77.2 cm³/mol. The maximum Gasteiger partial charge on any atom is 0.495 e. The highest BCUT2D eigenvalue weighted by Crippen LogP contribution is 2.19. The second-order valence-electron chi connectivity index (χ2n) is 4.87. The van der Waals surface area contributed by atoms with Crippen LogP contribution in [0, 0.1) is 5.92 Å². The zero-order valence-electron chi connectivity index (χ0n) is 12.8. The summed E-state index contributed by atoms with van der Waals surface area (Å²) in [6.45, 7) is 3.78. The van der Waals surface area contributed by atoms with E-state index in [2.05, 4.69) is 4.43 Å². The molecule has 0 radical (unpaired) electrons. The van der Waals surface area contributed by atoms with Crippen LogP contribution < -0.4 is 0 Å². The van der Waals surface area contributed by atoms with Gasteiger partial charge in [-0.3, -0.25) is 4.79 Å². The van der Waals surface area contributed by atoms with Crippen molar-refractivity contribution in [1.29, 1.82) is 0 Å². The Morgan fingerprint density at radius 2 is 1.70 bits per heavy atom. The lowest BCUT2D eigenvalue weighted by Gasteiger charge is -2.25. The molecule has 0 heterocycles. The molecular formula is C11H26O7Si2. The summed E-state index contributed by atoms with van der Waals surface area (Å²) < 4.78 is 20.3. The maximum absolute atomic E-state index is 11.8. The zero-order valence-corrected chi connectivity index (χ0v) is 14.8. The van der Waals surface area contributed by atoms with E-state index in [1.165, 1.54) is 7.11 Å². The van der Waals surface area contributed by atoms with Gasteiger partial charge in [-0.2, -0.15) is 0 Å². The molecule has 0 amide bonds. The van der Waals surface area contributed by atoms with Crippen molar-refractivity contribution < 1.29 is 32.4 Å². The van der Waals surface area contributed by atoms with Gasteiger partial charge in [0.1, 0.15) is 0 Å². The third-order valence-electron chi connectivity index (χ3n) is 3.16. The summed E-state index contributed by atoms with van der Waals surface area (Å²) in [5.41, 5.74) is 0. The van der Waals surface area contributed by atoms with Gasteiger partial charge in [-0.25, -0.2) is 0 Å². The standard InChI is InChI=1S/C11H26O7Si2/c1-10(9-19(5,15-2)16-3)11(12)18-7-6-8-20(13,14)17-4/h10,13-14H,6-9H2,1-5H3. The van der Waals surface area contributed by atoms with E-state index in [-0.39, 0.29) is 24.5 Å². The second kappa shape index (κ2) is 8.87. The molecule has 0 aliphatic carbocycles. The molecule has 0 saturated heterocycles. The van der Waals surface area contributed by atoms with E-state index in [0.29, 0.717) is 12.5 Å². The van der Waals surface area contributed by atoms with Crippen LogP contribution in [0.25, 0.3) is 0 Å². The van der Waals surface area contributed by atoms with Crippen molar-refractivity contribution in [2.75, 3.05) is 27.9 Å². The summed E-state index contributed by atoms with van der Waals surface area (Å²) in [4.78, 5) is 30.4. The zero-order chi connectivity index (χ0) is 15.8. The molecule has 0 aliphatic rings. The Kier molecular flexibility index (Phi) is 8.74. The molecule has 0 fully saturated rings. The van der Waals surface area contributed by atoms with Crippen LogP contribution in [0.3, 0.4) is 0 Å². The fraction of sp³-hybridized carbons (Fsp3) is 0.909. The van der Waals surface area contributed by atoms with Crippen LogP contribution in [-0.2, 0) is 22.8 Å². The molecule has 20 heavy (non-hydrogen) atoms. The van der Waals surface area contributed by atoms with Crippen molar-refractivity contribution >= 4 is 23.3 Å². The van der Waals surface area contributed by atoms with Gasteiger partial charge in [0.15, 0.2) is 0 Å². The summed E-state index contributed by atoms with van der Waals surface area (Å²) >= 11 is 0. The highest BCUT2D eigenvalue weighted by atomic mass is 28.4. The van der Waals surface area contributed by atoms with E-state index < -0.39 is 17.4 Å². The average molecular weight is 326 g/mol. The molecule has 2 N–H and O–H groups in total. The monoisotopic (exact) mass is 326 g/mol. The van der Waals surface area contributed by atoms with Gasteiger partial charge in [0.25, 0.3) is 0 Å². The molecule has 9 heteroatoms. The maximum atomic E-state index is 11.8. The first-order valence-corrected chi connectivity index (χ1v) is 11.0. The minimum Gasteiger partial charge on any atom is -0.465 e. The van der Waals surface area contributed by atoms with Crippen LogP contribution in [0.2, 0.25) is 18.6 Å². The summed E-state index contributed by atoms with van der Waals surface area (Å²) in [6, 6.07) is 0.614. The summed E-state index contributed by atoms with van der Waals surface area (Å²) in [5, 5.41) is 0. The highest BCUT2D eigenvalue weighted by Gasteiger charge is 2.34. The quantitative estimate of drug-likeness (QED) is 0.343. The van der Waals surface area contributed by atoms with Crippen LogP contribution in [-0.4, -0.2) is 60.9 Å². The first kappa shape index (κ1) is 19.7. The van der Waals surface area contributed by atoms with Gasteiger partial charge in [0, 0.05) is 33.4 Å². The SMILES string of the molecule is CO[Si](O)(O)CCCOC(=O)C(C)C[Si](C)(OC)OC. The summed E-state index contributed by atoms with van der Waals surface area (Å²) in [6.07, 6.45) is 0.356. The van der Waals surface area contributed by atoms with Crippen molar-refractivity contribution in [1.82, 2.24) is 0 Å². The van der Waals surface area contributed by atoms with Gasteiger partial charge >= 0.3 is 23.3 Å². The number of esters is 1. The minimum atomic E-state index is -3.55. The van der Waals surface area contributed by atoms with Crippen LogP contribution in [0.5, 0.6) is 0 Å². The Balaban J connectivity index is 4.04. The molecule has 1 atom stereocenters. The molecular weight excluding hydrogens is 300 g/mol. The number of carbonyl (C=O) groups is 1. The Morgan fingerprint density at radius 3 is 2.15 bits per heavy atom. The minimum absolute atomic E-state index is 0.105. The van der Waals surface area contributed by atoms with Crippen LogP contribution >= 0.6 is 0 Å². The van der Waals surface area contributed by atoms with Gasteiger partial charge in [0.2, 0.25) is 0 Å². The number of ether oxygens (including phenoxy) is 1. The lowest BCUT2D eigenvalue weighted by atomic mass is 10.2. The Labute approximate surface area is 122 Å². The molecule has 0 spiro atoms. The van der Waals surface area contributed by atoms with Gasteiger partial charge in [0.05, 0.1) is 12.5 Å². The third kappa shape index (κ3) is 7.48. The predicted octanol–water partition coefficient (Wildman–Crippen LogP) is 0.490. The highest BCUT2D eigenvalue weighted by molar-refractivity contribution is 6.66. The van der Waals surface area contributed by atoms with Crippen molar-refractivity contribution in [3.63, 3.8) is 0 Å². The molecule has 1 unspecified atom stereocenters. The number of hydrogen-bond acceptors (Lipinski definition) is 7. The lowest BCUT2D eigenvalue weighted by Crippen LogP contribution is -2.39. The molecule has 120 valence electrons. The van der Waals surface area contributed by atoms with Gasteiger partial charge in [-0.15, -0.1) is 0 Å². The van der Waals surface area contributed by atoms with Crippen molar-refractivity contribution in [2.24, 2.45) is 5.92 Å². The van der Waals surface area contributed by atoms with E-state index in [1.807, 2.05) is 6.55 Å². The molecule has 0 aromatic carbocycles. The topological polar surface area (TPSA) is 94.5 Å². The number of carbonyl (C=O) groups excluding carboxylic acids is 1. The first-order valence-electron chi connectivity index (χ1n) is 6.46. The molecule has 0 bridgehead atoms. The summed E-state index contributed by atoms with van der Waals surface area (Å²) in [7, 11) is -1.45. The van der Waals surface area contributed by atoms with Crippen LogP contribution in [0.4, 0.5) is 0 Å². The van der Waals surface area contributed by atoms with E-state index in [1.54, 1.807) is 21.1 Å². The fourth-order valence-electron chi connectivity index (χ4n) is 1.61. The van der Waals surface area contributed by atoms with Gasteiger partial charge < -0.3 is 27.6 Å². The van der Waals surface area contributed by atoms with E-state index in [9.17, 15) is 14.4 Å². The molecule has 0 saturated carbocycles. The number of rotatable bonds is 10. The molecule has 0 aromatic rings. The average Bonchev–Trinajstić information content (AvgIpc) is 2.43. The molecule has 0 aromatic heterocycles. The number of hydrogen-bond donors (Lipinski definition) is 2. The smallest absolute Gasteiger partial charge is 0.465 e.